The van der Waals surface area contributed by atoms with E-state index < -0.39 is 10.7 Å². The van der Waals surface area contributed by atoms with Crippen LogP contribution in [0.3, 0.4) is 0 Å². The van der Waals surface area contributed by atoms with Gasteiger partial charge in [0.05, 0.1) is 29.1 Å². The van der Waals surface area contributed by atoms with Gasteiger partial charge < -0.3 is 5.32 Å². The summed E-state index contributed by atoms with van der Waals surface area (Å²) in [5.74, 6) is 0.0825. The van der Waals surface area contributed by atoms with Gasteiger partial charge in [0.25, 0.3) is 0 Å². The summed E-state index contributed by atoms with van der Waals surface area (Å²) in [6.45, 7) is 5.62. The number of nitrogens with one attached hydrogen (secondary N) is 1. The number of aromatic nitrogens is 2. The van der Waals surface area contributed by atoms with Crippen molar-refractivity contribution in [2.75, 3.05) is 5.32 Å². The predicted molar refractivity (Wildman–Crippen MR) is 112 cm³/mol. The second-order valence-electron chi connectivity index (χ2n) is 7.12. The topological polar surface area (TPSA) is 89.0 Å². The van der Waals surface area contributed by atoms with Gasteiger partial charge in [-0.3, -0.25) is 4.79 Å². The van der Waals surface area contributed by atoms with Gasteiger partial charge in [-0.2, -0.15) is 10.2 Å². The monoisotopic (exact) mass is 397 g/mol. The van der Waals surface area contributed by atoms with Crippen molar-refractivity contribution in [1.82, 2.24) is 10.2 Å². The van der Waals surface area contributed by atoms with Gasteiger partial charge in [0.15, 0.2) is 0 Å². The summed E-state index contributed by atoms with van der Waals surface area (Å²) < 4.78 is 21.7. The van der Waals surface area contributed by atoms with E-state index in [1.165, 1.54) is 0 Å². The van der Waals surface area contributed by atoms with E-state index in [0.717, 1.165) is 33.3 Å². The molecule has 28 heavy (non-hydrogen) atoms. The van der Waals surface area contributed by atoms with E-state index in [9.17, 15) is 13.2 Å². The van der Waals surface area contributed by atoms with Crippen LogP contribution in [0, 0.1) is 0 Å². The summed E-state index contributed by atoms with van der Waals surface area (Å²) in [6.07, 6.45) is 0.239. The smallest absolute Gasteiger partial charge is 0.144 e. The number of hydrogen-bond acceptors (Lipinski definition) is 6. The zero-order chi connectivity index (χ0) is 20.3. The van der Waals surface area contributed by atoms with Crippen LogP contribution in [0.1, 0.15) is 32.0 Å². The lowest BCUT2D eigenvalue weighted by atomic mass is 10.0. The molecule has 0 saturated heterocycles. The standard InChI is InChI=1S/C21H23N3O3S/c1-13(2)22-21-18-9-8-17(11-19(18)23-24-20(21)10-14(3)25)16-6-4-15(5-7-16)12-28(26)27/h4-9,11,13,28H,10,12H2,1-3H3,(H,22,23). The van der Waals surface area contributed by atoms with E-state index in [4.69, 9.17) is 0 Å². The zero-order valence-corrected chi connectivity index (χ0v) is 17.0. The van der Waals surface area contributed by atoms with Crippen molar-refractivity contribution in [2.24, 2.45) is 0 Å². The van der Waals surface area contributed by atoms with E-state index in [0.29, 0.717) is 5.69 Å². The molecule has 146 valence electrons. The molecule has 0 aliphatic heterocycles. The molecule has 0 atom stereocenters. The molecule has 0 radical (unpaired) electrons. The van der Waals surface area contributed by atoms with Crippen LogP contribution in [0.5, 0.6) is 0 Å². The molecule has 3 aromatic rings. The third-order valence-corrected chi connectivity index (χ3v) is 4.91. The Hall–Kier alpha value is -2.80. The summed E-state index contributed by atoms with van der Waals surface area (Å²) >= 11 is 0. The molecule has 1 heterocycles. The molecule has 0 saturated carbocycles. The van der Waals surface area contributed by atoms with Crippen molar-refractivity contribution in [3.8, 4) is 11.1 Å². The number of anilines is 1. The quantitative estimate of drug-likeness (QED) is 0.594. The summed E-state index contributed by atoms with van der Waals surface area (Å²) in [7, 11) is -2.43. The molecular formula is C21H23N3O3S. The molecule has 3 rings (SSSR count). The van der Waals surface area contributed by atoms with Crippen LogP contribution in [-0.2, 0) is 27.7 Å². The molecule has 0 spiro atoms. The minimum atomic E-state index is -2.43. The van der Waals surface area contributed by atoms with Crippen LogP contribution < -0.4 is 5.32 Å². The Morgan fingerprint density at radius 2 is 1.71 bits per heavy atom. The number of hydrogen-bond donors (Lipinski definition) is 2. The van der Waals surface area contributed by atoms with Crippen LogP contribution in [0.4, 0.5) is 5.69 Å². The maximum Gasteiger partial charge on any atom is 0.144 e. The summed E-state index contributed by atoms with van der Waals surface area (Å²) in [4.78, 5) is 11.6. The molecular weight excluding hydrogens is 374 g/mol. The SMILES string of the molecule is CC(=O)Cc1nnc2cc(-c3ccc(C[SH](=O)=O)cc3)ccc2c1NC(C)C. The summed E-state index contributed by atoms with van der Waals surface area (Å²) in [5, 5.41) is 12.9. The summed E-state index contributed by atoms with van der Waals surface area (Å²) in [5.41, 5.74) is 4.93. The van der Waals surface area contributed by atoms with E-state index in [1.54, 1.807) is 6.92 Å². The fourth-order valence-electron chi connectivity index (χ4n) is 3.09. The van der Waals surface area contributed by atoms with E-state index in [2.05, 4.69) is 15.5 Å². The molecule has 2 aromatic carbocycles. The van der Waals surface area contributed by atoms with Gasteiger partial charge in [-0.05, 0) is 49.6 Å². The van der Waals surface area contributed by atoms with Gasteiger partial charge in [0, 0.05) is 11.4 Å². The molecule has 1 N–H and O–H groups in total. The molecule has 0 amide bonds. The lowest BCUT2D eigenvalue weighted by Crippen LogP contribution is -2.15. The van der Waals surface area contributed by atoms with Crippen molar-refractivity contribution in [2.45, 2.75) is 39.0 Å². The molecule has 1 aromatic heterocycles. The van der Waals surface area contributed by atoms with Crippen molar-refractivity contribution in [3.63, 3.8) is 0 Å². The van der Waals surface area contributed by atoms with Gasteiger partial charge >= 0.3 is 0 Å². The van der Waals surface area contributed by atoms with Crippen molar-refractivity contribution >= 4 is 33.1 Å². The Labute approximate surface area is 166 Å². The van der Waals surface area contributed by atoms with Gasteiger partial charge in [-0.25, -0.2) is 8.42 Å². The molecule has 0 bridgehead atoms. The van der Waals surface area contributed by atoms with E-state index in [1.807, 2.05) is 56.3 Å². The fraction of sp³-hybridized carbons (Fsp3) is 0.286. The highest BCUT2D eigenvalue weighted by atomic mass is 32.2. The Balaban J connectivity index is 2.02. The lowest BCUT2D eigenvalue weighted by molar-refractivity contribution is -0.116. The fourth-order valence-corrected chi connectivity index (χ4v) is 3.59. The Morgan fingerprint density at radius 1 is 1.04 bits per heavy atom. The van der Waals surface area contributed by atoms with E-state index in [-0.39, 0.29) is 24.0 Å². The van der Waals surface area contributed by atoms with Crippen LogP contribution in [0.2, 0.25) is 0 Å². The zero-order valence-electron chi connectivity index (χ0n) is 16.1. The molecule has 6 nitrogen and oxygen atoms in total. The van der Waals surface area contributed by atoms with Gasteiger partial charge in [0.2, 0.25) is 0 Å². The van der Waals surface area contributed by atoms with Gasteiger partial charge in [0.1, 0.15) is 16.5 Å². The molecule has 0 unspecified atom stereocenters. The first-order valence-corrected chi connectivity index (χ1v) is 10.5. The van der Waals surface area contributed by atoms with Gasteiger partial charge in [-0.1, -0.05) is 30.3 Å². The van der Waals surface area contributed by atoms with Crippen LogP contribution >= 0.6 is 0 Å². The number of carbonyl (C=O) groups excluding carboxylic acids is 1. The first kappa shape index (κ1) is 19.9. The number of benzene rings is 2. The third kappa shape index (κ3) is 4.72. The number of nitrogens with zero attached hydrogens (tertiary/aromatic N) is 2. The molecule has 0 aliphatic carbocycles. The Bertz CT molecular complexity index is 1080. The number of Topliss-reactive ketones (excluding diaryl/α,β-unsaturated/α-hetero) is 1. The van der Waals surface area contributed by atoms with Crippen molar-refractivity contribution in [1.29, 1.82) is 0 Å². The minimum Gasteiger partial charge on any atom is -0.381 e. The maximum absolute atomic E-state index is 11.6. The minimum absolute atomic E-state index is 0.0389. The average Bonchev–Trinajstić information content (AvgIpc) is 2.62. The molecule has 0 aliphatic rings. The first-order chi connectivity index (χ1) is 13.3. The van der Waals surface area contributed by atoms with Crippen LogP contribution in [-0.4, -0.2) is 30.4 Å². The second-order valence-corrected chi connectivity index (χ2v) is 8.10. The number of rotatable bonds is 7. The maximum atomic E-state index is 11.6. The largest absolute Gasteiger partial charge is 0.381 e. The Morgan fingerprint density at radius 3 is 2.32 bits per heavy atom. The summed E-state index contributed by atoms with van der Waals surface area (Å²) in [6, 6.07) is 13.6. The van der Waals surface area contributed by atoms with Crippen molar-refractivity contribution in [3.05, 3.63) is 53.7 Å². The third-order valence-electron chi connectivity index (χ3n) is 4.28. The normalized spacial score (nSPS) is 11.3. The van der Waals surface area contributed by atoms with Crippen LogP contribution in [0.15, 0.2) is 42.5 Å². The highest BCUT2D eigenvalue weighted by Gasteiger charge is 2.14. The van der Waals surface area contributed by atoms with Crippen LogP contribution in [0.25, 0.3) is 22.0 Å². The number of ketones is 1. The lowest BCUT2D eigenvalue weighted by Gasteiger charge is -2.16. The second kappa shape index (κ2) is 8.48. The Kier molecular flexibility index (Phi) is 6.04. The molecule has 0 fully saturated rings. The van der Waals surface area contributed by atoms with Gasteiger partial charge in [-0.15, -0.1) is 0 Å². The van der Waals surface area contributed by atoms with Crippen molar-refractivity contribution < 1.29 is 13.2 Å². The number of carbonyl (C=O) groups is 1. The average molecular weight is 398 g/mol. The highest BCUT2D eigenvalue weighted by Crippen LogP contribution is 2.30. The number of fused-ring (bicyclic) bond motifs is 1. The van der Waals surface area contributed by atoms with E-state index >= 15 is 0 Å². The number of thiol groups is 1. The highest BCUT2D eigenvalue weighted by molar-refractivity contribution is 7.71. The molecule has 7 heteroatoms. The first-order valence-electron chi connectivity index (χ1n) is 9.10. The predicted octanol–water partition coefficient (Wildman–Crippen LogP) is 3.36.